The van der Waals surface area contributed by atoms with Gasteiger partial charge in [0.1, 0.15) is 18.2 Å². The summed E-state index contributed by atoms with van der Waals surface area (Å²) >= 11 is 0. The van der Waals surface area contributed by atoms with Gasteiger partial charge in [0.25, 0.3) is 0 Å². The minimum absolute atomic E-state index is 0.563. The zero-order valence-electron chi connectivity index (χ0n) is 9.04. The SMILES string of the molecule is CCn1c(C)nnc1Cn1nnnc1C. The van der Waals surface area contributed by atoms with Crippen molar-refractivity contribution in [3.05, 3.63) is 17.5 Å². The zero-order valence-corrected chi connectivity index (χ0v) is 9.04. The minimum atomic E-state index is 0.563. The van der Waals surface area contributed by atoms with Crippen molar-refractivity contribution in [2.45, 2.75) is 33.9 Å². The van der Waals surface area contributed by atoms with E-state index in [9.17, 15) is 0 Å². The molecule has 0 amide bonds. The van der Waals surface area contributed by atoms with Gasteiger partial charge in [-0.25, -0.2) is 4.68 Å². The Kier molecular flexibility index (Phi) is 2.44. The van der Waals surface area contributed by atoms with Gasteiger partial charge in [0.15, 0.2) is 5.82 Å². The van der Waals surface area contributed by atoms with Crippen LogP contribution in [0.25, 0.3) is 0 Å². The van der Waals surface area contributed by atoms with Crippen LogP contribution in [0, 0.1) is 13.8 Å². The molecule has 0 aliphatic carbocycles. The first-order valence-corrected chi connectivity index (χ1v) is 4.83. The summed E-state index contributed by atoms with van der Waals surface area (Å²) in [7, 11) is 0. The molecule has 0 unspecified atom stereocenters. The summed E-state index contributed by atoms with van der Waals surface area (Å²) in [5.41, 5.74) is 0. The van der Waals surface area contributed by atoms with Crippen LogP contribution in [0.5, 0.6) is 0 Å². The molecule has 0 aromatic carbocycles. The first kappa shape index (κ1) is 9.75. The molecule has 2 heterocycles. The Labute approximate surface area is 87.1 Å². The van der Waals surface area contributed by atoms with Gasteiger partial charge in [-0.1, -0.05) is 0 Å². The van der Waals surface area contributed by atoms with Crippen molar-refractivity contribution in [2.75, 3.05) is 0 Å². The number of nitrogens with zero attached hydrogens (tertiary/aromatic N) is 7. The Morgan fingerprint density at radius 1 is 1.07 bits per heavy atom. The van der Waals surface area contributed by atoms with Crippen LogP contribution in [0.15, 0.2) is 0 Å². The highest BCUT2D eigenvalue weighted by atomic mass is 15.5. The lowest BCUT2D eigenvalue weighted by atomic mass is 10.5. The van der Waals surface area contributed by atoms with Crippen molar-refractivity contribution >= 4 is 0 Å². The summed E-state index contributed by atoms with van der Waals surface area (Å²) in [4.78, 5) is 0. The van der Waals surface area contributed by atoms with E-state index >= 15 is 0 Å². The second-order valence-corrected chi connectivity index (χ2v) is 3.29. The Morgan fingerprint density at radius 3 is 2.47 bits per heavy atom. The molecule has 80 valence electrons. The molecule has 2 aromatic rings. The van der Waals surface area contributed by atoms with E-state index in [0.29, 0.717) is 6.54 Å². The van der Waals surface area contributed by atoms with Crippen LogP contribution in [-0.4, -0.2) is 35.0 Å². The van der Waals surface area contributed by atoms with E-state index in [-0.39, 0.29) is 0 Å². The molecule has 0 saturated heterocycles. The van der Waals surface area contributed by atoms with Gasteiger partial charge in [0, 0.05) is 6.54 Å². The molecular weight excluding hydrogens is 194 g/mol. The Balaban J connectivity index is 2.28. The van der Waals surface area contributed by atoms with Crippen molar-refractivity contribution in [1.29, 1.82) is 0 Å². The number of aryl methyl sites for hydroxylation is 2. The summed E-state index contributed by atoms with van der Waals surface area (Å²) in [5, 5.41) is 19.4. The first-order valence-electron chi connectivity index (χ1n) is 4.83. The van der Waals surface area contributed by atoms with Gasteiger partial charge >= 0.3 is 0 Å². The Hall–Kier alpha value is -1.79. The number of hydrogen-bond donors (Lipinski definition) is 0. The van der Waals surface area contributed by atoms with E-state index in [1.165, 1.54) is 0 Å². The van der Waals surface area contributed by atoms with E-state index in [1.54, 1.807) is 4.68 Å². The maximum atomic E-state index is 4.10. The van der Waals surface area contributed by atoms with Gasteiger partial charge in [0.2, 0.25) is 0 Å². The van der Waals surface area contributed by atoms with Crippen LogP contribution in [0.2, 0.25) is 0 Å². The van der Waals surface area contributed by atoms with Crippen LogP contribution >= 0.6 is 0 Å². The topological polar surface area (TPSA) is 74.3 Å². The van der Waals surface area contributed by atoms with E-state index in [2.05, 4.69) is 32.6 Å². The van der Waals surface area contributed by atoms with Crippen molar-refractivity contribution in [2.24, 2.45) is 0 Å². The average molecular weight is 207 g/mol. The van der Waals surface area contributed by atoms with Crippen LogP contribution in [0.3, 0.4) is 0 Å². The summed E-state index contributed by atoms with van der Waals surface area (Å²) in [6.45, 7) is 7.28. The van der Waals surface area contributed by atoms with E-state index in [0.717, 1.165) is 24.0 Å². The molecule has 0 atom stereocenters. The minimum Gasteiger partial charge on any atom is -0.314 e. The van der Waals surface area contributed by atoms with E-state index in [1.807, 2.05) is 18.4 Å². The van der Waals surface area contributed by atoms with Crippen LogP contribution in [0.4, 0.5) is 0 Å². The second-order valence-electron chi connectivity index (χ2n) is 3.29. The molecule has 7 heteroatoms. The maximum Gasteiger partial charge on any atom is 0.154 e. The molecule has 0 aliphatic heterocycles. The van der Waals surface area contributed by atoms with Gasteiger partial charge in [0.05, 0.1) is 0 Å². The first-order chi connectivity index (χ1) is 7.22. The molecule has 15 heavy (non-hydrogen) atoms. The predicted molar refractivity (Wildman–Crippen MR) is 52.1 cm³/mol. The molecule has 0 spiro atoms. The molecule has 0 N–H and O–H groups in total. The highest BCUT2D eigenvalue weighted by molar-refractivity contribution is 4.95. The van der Waals surface area contributed by atoms with Gasteiger partial charge in [-0.05, 0) is 31.2 Å². The highest BCUT2D eigenvalue weighted by Crippen LogP contribution is 2.03. The maximum absolute atomic E-state index is 4.10. The second kappa shape index (κ2) is 3.76. The fourth-order valence-corrected chi connectivity index (χ4v) is 1.48. The summed E-state index contributed by atoms with van der Waals surface area (Å²) in [6.07, 6.45) is 0. The Morgan fingerprint density at radius 2 is 1.87 bits per heavy atom. The van der Waals surface area contributed by atoms with Gasteiger partial charge < -0.3 is 4.57 Å². The van der Waals surface area contributed by atoms with E-state index in [4.69, 9.17) is 0 Å². The normalized spacial score (nSPS) is 10.9. The lowest BCUT2D eigenvalue weighted by Gasteiger charge is -2.04. The van der Waals surface area contributed by atoms with Crippen molar-refractivity contribution in [3.8, 4) is 0 Å². The lowest BCUT2D eigenvalue weighted by Crippen LogP contribution is -2.11. The summed E-state index contributed by atoms with van der Waals surface area (Å²) < 4.78 is 3.75. The molecule has 0 fully saturated rings. The lowest BCUT2D eigenvalue weighted by molar-refractivity contribution is 0.573. The van der Waals surface area contributed by atoms with Gasteiger partial charge in [-0.2, -0.15) is 0 Å². The fraction of sp³-hybridized carbons (Fsp3) is 0.625. The van der Waals surface area contributed by atoms with Crippen LogP contribution < -0.4 is 0 Å². The van der Waals surface area contributed by atoms with Crippen LogP contribution in [-0.2, 0) is 13.1 Å². The number of aromatic nitrogens is 7. The molecule has 7 nitrogen and oxygen atoms in total. The zero-order chi connectivity index (χ0) is 10.8. The third kappa shape index (κ3) is 1.72. The summed E-state index contributed by atoms with van der Waals surface area (Å²) in [6, 6.07) is 0. The number of tetrazole rings is 1. The van der Waals surface area contributed by atoms with Crippen molar-refractivity contribution in [1.82, 2.24) is 35.0 Å². The molecule has 0 aliphatic rings. The molecule has 0 saturated carbocycles. The third-order valence-corrected chi connectivity index (χ3v) is 2.33. The van der Waals surface area contributed by atoms with Gasteiger partial charge in [-0.3, -0.25) is 0 Å². The van der Waals surface area contributed by atoms with Crippen LogP contribution in [0.1, 0.15) is 24.4 Å². The number of rotatable bonds is 3. The molecular formula is C8H13N7. The third-order valence-electron chi connectivity index (χ3n) is 2.33. The number of hydrogen-bond acceptors (Lipinski definition) is 5. The smallest absolute Gasteiger partial charge is 0.154 e. The van der Waals surface area contributed by atoms with Gasteiger partial charge in [-0.15, -0.1) is 15.3 Å². The predicted octanol–water partition coefficient (Wildman–Crippen LogP) is -0.0504. The average Bonchev–Trinajstić information content (AvgIpc) is 2.76. The monoisotopic (exact) mass is 207 g/mol. The van der Waals surface area contributed by atoms with E-state index < -0.39 is 0 Å². The Bertz CT molecular complexity index is 455. The quantitative estimate of drug-likeness (QED) is 0.705. The van der Waals surface area contributed by atoms with Crippen molar-refractivity contribution in [3.63, 3.8) is 0 Å². The molecule has 2 aromatic heterocycles. The largest absolute Gasteiger partial charge is 0.314 e. The van der Waals surface area contributed by atoms with Crippen molar-refractivity contribution < 1.29 is 0 Å². The fourth-order valence-electron chi connectivity index (χ4n) is 1.48. The standard InChI is InChI=1S/C8H13N7/c1-4-14-6(2)9-11-8(14)5-15-7(3)10-12-13-15/h4-5H2,1-3H3. The molecule has 2 rings (SSSR count). The molecule has 0 bridgehead atoms. The highest BCUT2D eigenvalue weighted by Gasteiger charge is 2.09. The molecule has 0 radical (unpaired) electrons. The summed E-state index contributed by atoms with van der Waals surface area (Å²) in [5.74, 6) is 2.57.